The van der Waals surface area contributed by atoms with Crippen LogP contribution in [0.25, 0.3) is 5.69 Å². The van der Waals surface area contributed by atoms with E-state index in [4.69, 9.17) is 11.6 Å². The van der Waals surface area contributed by atoms with Gasteiger partial charge in [-0.1, -0.05) is 36.7 Å². The van der Waals surface area contributed by atoms with E-state index in [0.29, 0.717) is 11.7 Å². The van der Waals surface area contributed by atoms with Crippen molar-refractivity contribution in [2.45, 2.75) is 32.9 Å². The van der Waals surface area contributed by atoms with Crippen LogP contribution in [0, 0.1) is 6.92 Å². The van der Waals surface area contributed by atoms with Crippen LogP contribution < -0.4 is 5.32 Å². The van der Waals surface area contributed by atoms with Crippen molar-refractivity contribution in [1.82, 2.24) is 15.1 Å². The van der Waals surface area contributed by atoms with Gasteiger partial charge < -0.3 is 10.4 Å². The molecule has 1 heterocycles. The van der Waals surface area contributed by atoms with Gasteiger partial charge in [-0.25, -0.2) is 4.68 Å². The van der Waals surface area contributed by atoms with Gasteiger partial charge >= 0.3 is 0 Å². The molecule has 0 aliphatic carbocycles. The van der Waals surface area contributed by atoms with Gasteiger partial charge in [-0.15, -0.1) is 0 Å². The van der Waals surface area contributed by atoms with Gasteiger partial charge in [0.1, 0.15) is 5.15 Å². The number of benzene rings is 1. The van der Waals surface area contributed by atoms with Crippen molar-refractivity contribution in [3.05, 3.63) is 46.7 Å². The minimum atomic E-state index is 0.0885. The Hall–Kier alpha value is -1.36. The SMILES string of the molecule is CC[C@@H](CO)NCc1c(C)nn(-c2ccccc2)c1Cl. The number of aliphatic hydroxyl groups is 1. The number of aliphatic hydroxyl groups excluding tert-OH is 1. The molecule has 0 bridgehead atoms. The minimum absolute atomic E-state index is 0.0885. The molecule has 1 aromatic heterocycles. The van der Waals surface area contributed by atoms with Crippen LogP contribution in [-0.2, 0) is 6.54 Å². The summed E-state index contributed by atoms with van der Waals surface area (Å²) in [6.07, 6.45) is 0.875. The first-order chi connectivity index (χ1) is 9.67. The Balaban J connectivity index is 2.21. The number of nitrogens with one attached hydrogen (secondary N) is 1. The zero-order valence-electron chi connectivity index (χ0n) is 11.8. The summed E-state index contributed by atoms with van der Waals surface area (Å²) in [4.78, 5) is 0. The maximum absolute atomic E-state index is 9.21. The van der Waals surface area contributed by atoms with E-state index in [9.17, 15) is 5.11 Å². The molecule has 0 aliphatic rings. The van der Waals surface area contributed by atoms with Crippen molar-refractivity contribution < 1.29 is 5.11 Å². The number of nitrogens with zero attached hydrogens (tertiary/aromatic N) is 2. The second-order valence-electron chi connectivity index (χ2n) is 4.77. The van der Waals surface area contributed by atoms with Crippen LogP contribution >= 0.6 is 11.6 Å². The summed E-state index contributed by atoms with van der Waals surface area (Å²) in [5.41, 5.74) is 2.82. The lowest BCUT2D eigenvalue weighted by Gasteiger charge is -2.13. The van der Waals surface area contributed by atoms with Crippen molar-refractivity contribution in [3.63, 3.8) is 0 Å². The highest BCUT2D eigenvalue weighted by Gasteiger charge is 2.15. The molecule has 0 fully saturated rings. The molecule has 2 aromatic rings. The molecule has 108 valence electrons. The molecule has 0 unspecified atom stereocenters. The lowest BCUT2D eigenvalue weighted by Crippen LogP contribution is -2.31. The lowest BCUT2D eigenvalue weighted by molar-refractivity contribution is 0.238. The third kappa shape index (κ3) is 3.20. The monoisotopic (exact) mass is 293 g/mol. The molecule has 2 rings (SSSR count). The molecule has 5 heteroatoms. The Kier molecular flexibility index (Phi) is 5.17. The van der Waals surface area contributed by atoms with E-state index in [2.05, 4.69) is 10.4 Å². The van der Waals surface area contributed by atoms with Crippen LogP contribution in [-0.4, -0.2) is 27.5 Å². The summed E-state index contributed by atoms with van der Waals surface area (Å²) in [7, 11) is 0. The summed E-state index contributed by atoms with van der Waals surface area (Å²) >= 11 is 6.43. The molecule has 0 saturated heterocycles. The molecule has 0 aliphatic heterocycles. The summed E-state index contributed by atoms with van der Waals surface area (Å²) in [5, 5.41) is 17.6. The number of rotatable bonds is 6. The fraction of sp³-hybridized carbons (Fsp3) is 0.400. The summed E-state index contributed by atoms with van der Waals surface area (Å²) < 4.78 is 1.74. The number of aromatic nitrogens is 2. The molecule has 0 radical (unpaired) electrons. The molecule has 1 atom stereocenters. The first-order valence-electron chi connectivity index (χ1n) is 6.81. The molecular formula is C15H20ClN3O. The third-order valence-electron chi connectivity index (χ3n) is 3.40. The van der Waals surface area contributed by atoms with Crippen LogP contribution in [0.3, 0.4) is 0 Å². The molecule has 0 saturated carbocycles. The average Bonchev–Trinajstić information content (AvgIpc) is 2.77. The molecule has 4 nitrogen and oxygen atoms in total. The van der Waals surface area contributed by atoms with Gasteiger partial charge in [-0.05, 0) is 25.5 Å². The maximum atomic E-state index is 9.21. The fourth-order valence-corrected chi connectivity index (χ4v) is 2.40. The second kappa shape index (κ2) is 6.88. The third-order valence-corrected chi connectivity index (χ3v) is 3.79. The topological polar surface area (TPSA) is 50.1 Å². The van der Waals surface area contributed by atoms with Crippen molar-refractivity contribution in [3.8, 4) is 5.69 Å². The maximum Gasteiger partial charge on any atom is 0.137 e. The minimum Gasteiger partial charge on any atom is -0.395 e. The van der Waals surface area contributed by atoms with E-state index in [1.54, 1.807) is 4.68 Å². The smallest absolute Gasteiger partial charge is 0.137 e. The van der Waals surface area contributed by atoms with Gasteiger partial charge in [0.25, 0.3) is 0 Å². The molecule has 20 heavy (non-hydrogen) atoms. The Bertz CT molecular complexity index is 550. The van der Waals surface area contributed by atoms with Gasteiger partial charge in [0.15, 0.2) is 0 Å². The van der Waals surface area contributed by atoms with Crippen molar-refractivity contribution in [1.29, 1.82) is 0 Å². The zero-order chi connectivity index (χ0) is 14.5. The van der Waals surface area contributed by atoms with E-state index < -0.39 is 0 Å². The normalized spacial score (nSPS) is 12.6. The molecule has 1 aromatic carbocycles. The van der Waals surface area contributed by atoms with Crippen LogP contribution in [0.15, 0.2) is 30.3 Å². The fourth-order valence-electron chi connectivity index (χ4n) is 2.06. The van der Waals surface area contributed by atoms with E-state index >= 15 is 0 Å². The largest absolute Gasteiger partial charge is 0.395 e. The number of halogens is 1. The molecule has 0 amide bonds. The van der Waals surface area contributed by atoms with Gasteiger partial charge in [0.2, 0.25) is 0 Å². The number of hydrogen-bond acceptors (Lipinski definition) is 3. The first-order valence-corrected chi connectivity index (χ1v) is 7.18. The van der Waals surface area contributed by atoms with Crippen molar-refractivity contribution in [2.75, 3.05) is 6.61 Å². The summed E-state index contributed by atoms with van der Waals surface area (Å²) in [6, 6.07) is 9.91. The van der Waals surface area contributed by atoms with Crippen LogP contribution in [0.2, 0.25) is 5.15 Å². The highest BCUT2D eigenvalue weighted by Crippen LogP contribution is 2.23. The lowest BCUT2D eigenvalue weighted by atomic mass is 10.2. The zero-order valence-corrected chi connectivity index (χ0v) is 12.6. The van der Waals surface area contributed by atoms with E-state index in [-0.39, 0.29) is 12.6 Å². The quantitative estimate of drug-likeness (QED) is 0.861. The van der Waals surface area contributed by atoms with Gasteiger partial charge in [0, 0.05) is 18.2 Å². The van der Waals surface area contributed by atoms with E-state index in [1.807, 2.05) is 44.2 Å². The predicted octanol–water partition coefficient (Wildman–Crippen LogP) is 2.69. The highest BCUT2D eigenvalue weighted by atomic mass is 35.5. The Morgan fingerprint density at radius 2 is 2.05 bits per heavy atom. The van der Waals surface area contributed by atoms with Crippen molar-refractivity contribution >= 4 is 11.6 Å². The second-order valence-corrected chi connectivity index (χ2v) is 5.13. The Labute approximate surface area is 124 Å². The van der Waals surface area contributed by atoms with Crippen LogP contribution in [0.1, 0.15) is 24.6 Å². The van der Waals surface area contributed by atoms with Crippen molar-refractivity contribution in [2.24, 2.45) is 0 Å². The molecular weight excluding hydrogens is 274 g/mol. The van der Waals surface area contributed by atoms with E-state index in [0.717, 1.165) is 23.4 Å². The first kappa shape index (κ1) is 15.0. The standard InChI is InChI=1S/C15H20ClN3O/c1-3-12(10-20)17-9-14-11(2)18-19(15(14)16)13-7-5-4-6-8-13/h4-8,12,17,20H,3,9-10H2,1-2H3/t12-/m0/s1. The number of aryl methyl sites for hydroxylation is 1. The molecule has 0 spiro atoms. The van der Waals surface area contributed by atoms with Crippen LogP contribution in [0.4, 0.5) is 0 Å². The highest BCUT2D eigenvalue weighted by molar-refractivity contribution is 6.30. The Morgan fingerprint density at radius 1 is 1.35 bits per heavy atom. The Morgan fingerprint density at radius 3 is 2.65 bits per heavy atom. The van der Waals surface area contributed by atoms with Gasteiger partial charge in [0.05, 0.1) is 18.0 Å². The van der Waals surface area contributed by atoms with Crippen LogP contribution in [0.5, 0.6) is 0 Å². The predicted molar refractivity (Wildman–Crippen MR) is 81.3 cm³/mol. The average molecular weight is 294 g/mol. The van der Waals surface area contributed by atoms with E-state index in [1.165, 1.54) is 0 Å². The van der Waals surface area contributed by atoms with Gasteiger partial charge in [-0.3, -0.25) is 0 Å². The summed E-state index contributed by atoms with van der Waals surface area (Å²) in [6.45, 7) is 4.72. The molecule has 2 N–H and O–H groups in total. The number of para-hydroxylation sites is 1. The number of hydrogen-bond donors (Lipinski definition) is 2. The van der Waals surface area contributed by atoms with Gasteiger partial charge in [-0.2, -0.15) is 5.10 Å². The summed E-state index contributed by atoms with van der Waals surface area (Å²) in [5.74, 6) is 0.